The fourth-order valence-electron chi connectivity index (χ4n) is 3.89. The van der Waals surface area contributed by atoms with Crippen LogP contribution in [0.4, 0.5) is 0 Å². The molecule has 1 aromatic heterocycles. The molecule has 0 aliphatic carbocycles. The molecule has 5 nitrogen and oxygen atoms in total. The van der Waals surface area contributed by atoms with Crippen molar-refractivity contribution < 1.29 is 9.53 Å². The van der Waals surface area contributed by atoms with Crippen molar-refractivity contribution in [1.82, 2.24) is 15.4 Å². The summed E-state index contributed by atoms with van der Waals surface area (Å²) in [6, 6.07) is 7.45. The van der Waals surface area contributed by atoms with Crippen LogP contribution in [0.1, 0.15) is 102 Å². The van der Waals surface area contributed by atoms with Crippen molar-refractivity contribution in [3.8, 4) is 17.0 Å². The molecule has 2 rings (SSSR count). The topological polar surface area (TPSA) is 65.0 Å². The lowest BCUT2D eigenvalue weighted by Crippen LogP contribution is -2.09. The van der Waals surface area contributed by atoms with Gasteiger partial charge in [0.25, 0.3) is 0 Å². The maximum Gasteiger partial charge on any atom is 0.311 e. The highest BCUT2D eigenvalue weighted by Crippen LogP contribution is 2.31. The molecule has 0 amide bonds. The number of hydrogen-bond donors (Lipinski definition) is 0. The number of rotatable bonds is 16. The molecule has 0 aliphatic rings. The number of benzene rings is 1. The minimum absolute atomic E-state index is 0.183. The van der Waals surface area contributed by atoms with E-state index < -0.39 is 0 Å². The quantitative estimate of drug-likeness (QED) is 0.161. The van der Waals surface area contributed by atoms with E-state index in [1.165, 1.54) is 70.6 Å². The van der Waals surface area contributed by atoms with Crippen LogP contribution in [0.15, 0.2) is 30.5 Å². The Hall–Kier alpha value is -2.30. The van der Waals surface area contributed by atoms with Gasteiger partial charge in [0.2, 0.25) is 0 Å². The number of ether oxygens (including phenoxy) is 1. The van der Waals surface area contributed by atoms with Crippen molar-refractivity contribution in [2.24, 2.45) is 0 Å². The lowest BCUT2D eigenvalue weighted by molar-refractivity contribution is -0.134. The number of esters is 1. The Morgan fingerprint density at radius 1 is 0.839 bits per heavy atom. The van der Waals surface area contributed by atoms with Gasteiger partial charge >= 0.3 is 5.97 Å². The van der Waals surface area contributed by atoms with E-state index in [1.807, 2.05) is 25.1 Å². The van der Waals surface area contributed by atoms with Gasteiger partial charge in [0.05, 0.1) is 6.20 Å². The summed E-state index contributed by atoms with van der Waals surface area (Å²) >= 11 is 0. The molecule has 0 fully saturated rings. The van der Waals surface area contributed by atoms with E-state index in [2.05, 4.69) is 22.3 Å². The molecular formula is C26H39N3O2. The Morgan fingerprint density at radius 3 is 2.03 bits per heavy atom. The fraction of sp³-hybridized carbons (Fsp3) is 0.615. The molecule has 1 aromatic carbocycles. The average molecular weight is 426 g/mol. The Labute approximate surface area is 188 Å². The third kappa shape index (κ3) is 10.0. The molecule has 2 aromatic rings. The van der Waals surface area contributed by atoms with Crippen LogP contribution in [0, 0.1) is 6.92 Å². The lowest BCUT2D eigenvalue weighted by Gasteiger charge is -2.11. The SMILES string of the molecule is CCCCCCCCCCCCCCCC(=O)Oc1cccc(C)c1-c1ccnnn1. The van der Waals surface area contributed by atoms with Gasteiger partial charge in [0.15, 0.2) is 0 Å². The number of aromatic nitrogens is 3. The smallest absolute Gasteiger partial charge is 0.311 e. The van der Waals surface area contributed by atoms with E-state index >= 15 is 0 Å². The van der Waals surface area contributed by atoms with Crippen molar-refractivity contribution in [3.63, 3.8) is 0 Å². The van der Waals surface area contributed by atoms with Crippen molar-refractivity contribution >= 4 is 5.97 Å². The Bertz CT molecular complexity index is 750. The minimum Gasteiger partial charge on any atom is -0.426 e. The summed E-state index contributed by atoms with van der Waals surface area (Å²) in [4.78, 5) is 12.3. The largest absolute Gasteiger partial charge is 0.426 e. The summed E-state index contributed by atoms with van der Waals surface area (Å²) in [5.74, 6) is 0.358. The lowest BCUT2D eigenvalue weighted by atomic mass is 10.0. The van der Waals surface area contributed by atoms with E-state index in [9.17, 15) is 4.79 Å². The van der Waals surface area contributed by atoms with Gasteiger partial charge in [0.1, 0.15) is 11.4 Å². The molecule has 0 aliphatic heterocycles. The Kier molecular flexibility index (Phi) is 12.5. The van der Waals surface area contributed by atoms with Crippen LogP contribution in [0.5, 0.6) is 5.75 Å². The normalized spacial score (nSPS) is 10.9. The van der Waals surface area contributed by atoms with Crippen LogP contribution >= 0.6 is 0 Å². The summed E-state index contributed by atoms with van der Waals surface area (Å²) < 4.78 is 5.66. The van der Waals surface area contributed by atoms with Crippen LogP contribution < -0.4 is 4.74 Å². The highest BCUT2D eigenvalue weighted by Gasteiger charge is 2.14. The zero-order valence-electron chi connectivity index (χ0n) is 19.4. The van der Waals surface area contributed by atoms with E-state index in [0.29, 0.717) is 17.9 Å². The molecule has 170 valence electrons. The second-order valence-electron chi connectivity index (χ2n) is 8.42. The van der Waals surface area contributed by atoms with E-state index in [4.69, 9.17) is 4.74 Å². The van der Waals surface area contributed by atoms with Crippen LogP contribution in [-0.4, -0.2) is 21.4 Å². The molecule has 0 saturated carbocycles. The third-order valence-corrected chi connectivity index (χ3v) is 5.70. The number of unbranched alkanes of at least 4 members (excludes halogenated alkanes) is 12. The van der Waals surface area contributed by atoms with Gasteiger partial charge in [-0.15, -0.1) is 10.2 Å². The van der Waals surface area contributed by atoms with Gasteiger partial charge in [0, 0.05) is 12.0 Å². The van der Waals surface area contributed by atoms with Crippen molar-refractivity contribution in [1.29, 1.82) is 0 Å². The van der Waals surface area contributed by atoms with Crippen LogP contribution in [-0.2, 0) is 4.79 Å². The molecule has 31 heavy (non-hydrogen) atoms. The molecule has 0 N–H and O–H groups in total. The zero-order valence-corrected chi connectivity index (χ0v) is 19.4. The molecule has 0 unspecified atom stereocenters. The first-order valence-electron chi connectivity index (χ1n) is 12.2. The van der Waals surface area contributed by atoms with Crippen molar-refractivity contribution in [2.75, 3.05) is 0 Å². The summed E-state index contributed by atoms with van der Waals surface area (Å²) in [5, 5.41) is 11.5. The predicted octanol–water partition coefficient (Wildman–Crippen LogP) is 7.23. The number of aryl methyl sites for hydroxylation is 1. The molecule has 0 saturated heterocycles. The first kappa shape index (κ1) is 25.0. The van der Waals surface area contributed by atoms with Gasteiger partial charge in [-0.05, 0) is 36.3 Å². The number of nitrogens with zero attached hydrogens (tertiary/aromatic N) is 3. The average Bonchev–Trinajstić information content (AvgIpc) is 2.77. The second-order valence-corrected chi connectivity index (χ2v) is 8.42. The molecule has 1 heterocycles. The van der Waals surface area contributed by atoms with Crippen LogP contribution in [0.25, 0.3) is 11.3 Å². The van der Waals surface area contributed by atoms with E-state index in [-0.39, 0.29) is 5.97 Å². The maximum absolute atomic E-state index is 12.3. The summed E-state index contributed by atoms with van der Waals surface area (Å²) in [6.07, 6.45) is 18.8. The fourth-order valence-corrected chi connectivity index (χ4v) is 3.89. The number of carbonyl (C=O) groups is 1. The van der Waals surface area contributed by atoms with Crippen LogP contribution in [0.3, 0.4) is 0 Å². The number of carbonyl (C=O) groups excluding carboxylic acids is 1. The van der Waals surface area contributed by atoms with Crippen molar-refractivity contribution in [2.45, 2.75) is 104 Å². The second kappa shape index (κ2) is 15.5. The third-order valence-electron chi connectivity index (χ3n) is 5.70. The summed E-state index contributed by atoms with van der Waals surface area (Å²) in [7, 11) is 0. The van der Waals surface area contributed by atoms with Gasteiger partial charge < -0.3 is 4.74 Å². The minimum atomic E-state index is -0.183. The van der Waals surface area contributed by atoms with E-state index in [1.54, 1.807) is 12.3 Å². The van der Waals surface area contributed by atoms with Gasteiger partial charge in [-0.3, -0.25) is 4.79 Å². The predicted molar refractivity (Wildman–Crippen MR) is 126 cm³/mol. The summed E-state index contributed by atoms with van der Waals surface area (Å²) in [6.45, 7) is 4.24. The standard InChI is InChI=1S/C26H39N3O2/c1-3-4-5-6-7-8-9-10-11-12-13-14-15-19-25(30)31-24-18-16-17-22(2)26(24)23-20-21-27-29-28-23/h16-18,20-21H,3-15,19H2,1-2H3. The molecular weight excluding hydrogens is 386 g/mol. The highest BCUT2D eigenvalue weighted by molar-refractivity contribution is 5.78. The zero-order chi connectivity index (χ0) is 22.2. The number of hydrogen-bond acceptors (Lipinski definition) is 5. The maximum atomic E-state index is 12.3. The van der Waals surface area contributed by atoms with E-state index in [0.717, 1.165) is 24.0 Å². The van der Waals surface area contributed by atoms with Crippen LogP contribution in [0.2, 0.25) is 0 Å². The molecule has 0 radical (unpaired) electrons. The first-order chi connectivity index (χ1) is 15.2. The molecule has 5 heteroatoms. The molecule has 0 atom stereocenters. The molecule has 0 bridgehead atoms. The Balaban J connectivity index is 1.58. The monoisotopic (exact) mass is 425 g/mol. The van der Waals surface area contributed by atoms with Gasteiger partial charge in [-0.1, -0.05) is 96.1 Å². The highest BCUT2D eigenvalue weighted by atomic mass is 16.5. The Morgan fingerprint density at radius 2 is 1.45 bits per heavy atom. The molecule has 0 spiro atoms. The first-order valence-corrected chi connectivity index (χ1v) is 12.2. The van der Waals surface area contributed by atoms with Gasteiger partial charge in [-0.2, -0.15) is 0 Å². The van der Waals surface area contributed by atoms with Crippen molar-refractivity contribution in [3.05, 3.63) is 36.0 Å². The van der Waals surface area contributed by atoms with Gasteiger partial charge in [-0.25, -0.2) is 0 Å². The summed E-state index contributed by atoms with van der Waals surface area (Å²) in [5.41, 5.74) is 2.46.